The molecule has 0 bridgehead atoms. The number of amides is 1. The third kappa shape index (κ3) is 4.55. The molecule has 2 heterocycles. The first kappa shape index (κ1) is 18.7. The Morgan fingerprint density at radius 1 is 1.15 bits per heavy atom. The number of nitrogens with zero attached hydrogens (tertiary/aromatic N) is 4. The van der Waals surface area contributed by atoms with Gasteiger partial charge in [0.05, 0.1) is 5.69 Å². The Labute approximate surface area is 159 Å². The molecule has 3 rings (SSSR count). The van der Waals surface area contributed by atoms with Gasteiger partial charge in [0.15, 0.2) is 0 Å². The summed E-state index contributed by atoms with van der Waals surface area (Å²) in [7, 11) is 0. The van der Waals surface area contributed by atoms with E-state index in [0.29, 0.717) is 32.6 Å². The molecule has 2 aliphatic heterocycles. The molecule has 1 aromatic carbocycles. The van der Waals surface area contributed by atoms with E-state index >= 15 is 0 Å². The van der Waals surface area contributed by atoms with Crippen molar-refractivity contribution in [1.82, 2.24) is 9.80 Å². The summed E-state index contributed by atoms with van der Waals surface area (Å²) in [5.41, 5.74) is 2.65. The molecule has 0 aromatic heterocycles. The molecule has 0 N–H and O–H groups in total. The number of aryl methyl sites for hydroxylation is 1. The van der Waals surface area contributed by atoms with E-state index in [0.717, 1.165) is 22.6 Å². The number of halogens is 1. The average molecular weight is 377 g/mol. The van der Waals surface area contributed by atoms with Crippen molar-refractivity contribution in [3.63, 3.8) is 0 Å². The van der Waals surface area contributed by atoms with Crippen LogP contribution in [0.3, 0.4) is 0 Å². The normalized spacial score (nSPS) is 17.9. The molecule has 0 atom stereocenters. The second-order valence-electron chi connectivity index (χ2n) is 7.67. The topological polar surface area (TPSA) is 57.5 Å². The lowest BCUT2D eigenvalue weighted by molar-refractivity contribution is 0.0186. The molecule has 0 spiro atoms. The van der Waals surface area contributed by atoms with Crippen LogP contribution in [0.15, 0.2) is 28.2 Å². The maximum atomic E-state index is 12.2. The van der Waals surface area contributed by atoms with Gasteiger partial charge in [-0.2, -0.15) is 0 Å². The van der Waals surface area contributed by atoms with Crippen molar-refractivity contribution in [3.05, 3.63) is 29.3 Å². The standard InChI is InChI=1S/C19H25ClN4O2/c1-13-5-6-14-12-16(22-17(20)21-15(14)11-13)23-7-9-24(10-8-23)18(25)26-19(2,3)4/h5-6,11H,7-10,12H2,1-4H3. The maximum absolute atomic E-state index is 12.2. The fourth-order valence-electron chi connectivity index (χ4n) is 3.02. The lowest BCUT2D eigenvalue weighted by Gasteiger charge is -2.37. The van der Waals surface area contributed by atoms with Crippen LogP contribution in [0.2, 0.25) is 0 Å². The molecule has 26 heavy (non-hydrogen) atoms. The highest BCUT2D eigenvalue weighted by atomic mass is 35.5. The molecule has 1 amide bonds. The summed E-state index contributed by atoms with van der Waals surface area (Å²) in [6, 6.07) is 6.18. The average Bonchev–Trinajstić information content (AvgIpc) is 2.71. The van der Waals surface area contributed by atoms with Crippen LogP contribution >= 0.6 is 11.6 Å². The number of benzene rings is 1. The number of carbonyl (C=O) groups excluding carboxylic acids is 1. The first-order valence-corrected chi connectivity index (χ1v) is 9.23. The van der Waals surface area contributed by atoms with Crippen LogP contribution < -0.4 is 0 Å². The Balaban J connectivity index is 1.67. The number of hydrogen-bond acceptors (Lipinski definition) is 5. The second-order valence-corrected chi connectivity index (χ2v) is 8.01. The summed E-state index contributed by atoms with van der Waals surface area (Å²) in [6.07, 6.45) is 0.419. The lowest BCUT2D eigenvalue weighted by Crippen LogP contribution is -2.52. The van der Waals surface area contributed by atoms with Gasteiger partial charge in [0, 0.05) is 32.6 Å². The number of carbonyl (C=O) groups is 1. The molecule has 7 heteroatoms. The fraction of sp³-hybridized carbons (Fsp3) is 0.526. The number of hydrogen-bond donors (Lipinski definition) is 0. The Morgan fingerprint density at radius 3 is 2.50 bits per heavy atom. The number of ether oxygens (including phenoxy) is 1. The number of rotatable bonds is 0. The monoisotopic (exact) mass is 376 g/mol. The van der Waals surface area contributed by atoms with Gasteiger partial charge < -0.3 is 14.5 Å². The number of amidine groups is 2. The van der Waals surface area contributed by atoms with Gasteiger partial charge in [-0.1, -0.05) is 12.1 Å². The van der Waals surface area contributed by atoms with E-state index in [4.69, 9.17) is 16.3 Å². The summed E-state index contributed by atoms with van der Waals surface area (Å²) in [5.74, 6) is 0.894. The van der Waals surface area contributed by atoms with E-state index in [1.54, 1.807) is 4.90 Å². The van der Waals surface area contributed by atoms with E-state index < -0.39 is 5.60 Å². The van der Waals surface area contributed by atoms with Crippen molar-refractivity contribution in [2.75, 3.05) is 26.2 Å². The van der Waals surface area contributed by atoms with E-state index in [2.05, 4.69) is 27.0 Å². The van der Waals surface area contributed by atoms with Gasteiger partial charge in [-0.3, -0.25) is 0 Å². The number of piperazine rings is 1. The Kier molecular flexibility index (Phi) is 5.23. The van der Waals surface area contributed by atoms with Crippen molar-refractivity contribution in [2.45, 2.75) is 39.7 Å². The van der Waals surface area contributed by atoms with Gasteiger partial charge in [-0.15, -0.1) is 0 Å². The van der Waals surface area contributed by atoms with E-state index in [9.17, 15) is 4.79 Å². The minimum Gasteiger partial charge on any atom is -0.444 e. The van der Waals surface area contributed by atoms with Crippen molar-refractivity contribution in [1.29, 1.82) is 0 Å². The molecule has 1 aromatic rings. The molecule has 6 nitrogen and oxygen atoms in total. The second kappa shape index (κ2) is 7.27. The van der Waals surface area contributed by atoms with Gasteiger partial charge in [0.25, 0.3) is 0 Å². The zero-order valence-corrected chi connectivity index (χ0v) is 16.5. The summed E-state index contributed by atoms with van der Waals surface area (Å²) in [4.78, 5) is 25.0. The van der Waals surface area contributed by atoms with Crippen LogP contribution in [0.5, 0.6) is 0 Å². The molecule has 2 aliphatic rings. The van der Waals surface area contributed by atoms with Gasteiger partial charge in [-0.05, 0) is 56.5 Å². The quantitative estimate of drug-likeness (QED) is 0.648. The van der Waals surface area contributed by atoms with Crippen molar-refractivity contribution < 1.29 is 9.53 Å². The Hall–Kier alpha value is -2.08. The molecular formula is C19H25ClN4O2. The van der Waals surface area contributed by atoms with Crippen LogP contribution in [0.1, 0.15) is 31.9 Å². The SMILES string of the molecule is Cc1ccc2c(c1)N=C(Cl)N=C(N1CCN(C(=O)OC(C)(C)C)CC1)C2. The van der Waals surface area contributed by atoms with Crippen molar-refractivity contribution in [2.24, 2.45) is 9.98 Å². The lowest BCUT2D eigenvalue weighted by atomic mass is 10.1. The van der Waals surface area contributed by atoms with Crippen LogP contribution in [0, 0.1) is 6.92 Å². The molecular weight excluding hydrogens is 352 g/mol. The number of fused-ring (bicyclic) bond motifs is 1. The largest absolute Gasteiger partial charge is 0.444 e. The molecule has 0 unspecified atom stereocenters. The van der Waals surface area contributed by atoms with Crippen molar-refractivity contribution in [3.8, 4) is 0 Å². The molecule has 0 saturated carbocycles. The molecule has 0 aliphatic carbocycles. The van der Waals surface area contributed by atoms with Gasteiger partial charge >= 0.3 is 6.09 Å². The van der Waals surface area contributed by atoms with E-state index in [1.165, 1.54) is 0 Å². The smallest absolute Gasteiger partial charge is 0.410 e. The predicted molar refractivity (Wildman–Crippen MR) is 105 cm³/mol. The highest BCUT2D eigenvalue weighted by Crippen LogP contribution is 2.26. The first-order valence-electron chi connectivity index (χ1n) is 8.85. The molecule has 0 radical (unpaired) electrons. The maximum Gasteiger partial charge on any atom is 0.410 e. The molecule has 140 valence electrons. The highest BCUT2D eigenvalue weighted by molar-refractivity contribution is 6.66. The van der Waals surface area contributed by atoms with E-state index in [1.807, 2.05) is 33.8 Å². The minimum absolute atomic E-state index is 0.249. The summed E-state index contributed by atoms with van der Waals surface area (Å²) >= 11 is 6.22. The highest BCUT2D eigenvalue weighted by Gasteiger charge is 2.28. The predicted octanol–water partition coefficient (Wildman–Crippen LogP) is 3.73. The van der Waals surface area contributed by atoms with Gasteiger partial charge in [0.2, 0.25) is 5.29 Å². The third-order valence-electron chi connectivity index (χ3n) is 4.32. The minimum atomic E-state index is -0.481. The van der Waals surface area contributed by atoms with Crippen LogP contribution in [-0.4, -0.2) is 58.8 Å². The van der Waals surface area contributed by atoms with Gasteiger partial charge in [0.1, 0.15) is 11.4 Å². The first-order chi connectivity index (χ1) is 12.2. The van der Waals surface area contributed by atoms with Crippen molar-refractivity contribution >= 4 is 34.5 Å². The summed E-state index contributed by atoms with van der Waals surface area (Å²) < 4.78 is 5.45. The van der Waals surface area contributed by atoms with Gasteiger partial charge in [-0.25, -0.2) is 14.8 Å². The zero-order chi connectivity index (χ0) is 18.9. The van der Waals surface area contributed by atoms with E-state index in [-0.39, 0.29) is 11.4 Å². The number of aliphatic imine (C=N–C) groups is 2. The molecule has 1 saturated heterocycles. The zero-order valence-electron chi connectivity index (χ0n) is 15.8. The third-order valence-corrected chi connectivity index (χ3v) is 4.49. The summed E-state index contributed by atoms with van der Waals surface area (Å²) in [5, 5.41) is 0.249. The van der Waals surface area contributed by atoms with Crippen LogP contribution in [0.25, 0.3) is 0 Å². The molecule has 1 fully saturated rings. The van der Waals surface area contributed by atoms with Crippen LogP contribution in [-0.2, 0) is 11.2 Å². The summed E-state index contributed by atoms with van der Waals surface area (Å²) in [6.45, 7) is 10.3. The Morgan fingerprint density at radius 2 is 1.85 bits per heavy atom. The van der Waals surface area contributed by atoms with Crippen LogP contribution in [0.4, 0.5) is 10.5 Å². The Bertz CT molecular complexity index is 759. The fourth-order valence-corrected chi connectivity index (χ4v) is 3.21.